The first-order valence-corrected chi connectivity index (χ1v) is 8.29. The third kappa shape index (κ3) is 4.22. The van der Waals surface area contributed by atoms with Gasteiger partial charge in [0.15, 0.2) is 5.69 Å². The van der Waals surface area contributed by atoms with Crippen molar-refractivity contribution in [3.63, 3.8) is 0 Å². The van der Waals surface area contributed by atoms with Crippen LogP contribution in [0.25, 0.3) is 0 Å². The van der Waals surface area contributed by atoms with Crippen molar-refractivity contribution < 1.29 is 9.18 Å². The first-order chi connectivity index (χ1) is 12.6. The molecule has 5 nitrogen and oxygen atoms in total. The SMILES string of the molecule is CN(C(=O)c1ccc(NCCc2ccccc2F)nn1)c1ccccc1. The molecule has 0 spiro atoms. The Labute approximate surface area is 151 Å². The zero-order valence-electron chi connectivity index (χ0n) is 14.4. The second-order valence-corrected chi connectivity index (χ2v) is 5.77. The number of nitrogens with one attached hydrogen (secondary N) is 1. The van der Waals surface area contributed by atoms with E-state index in [1.807, 2.05) is 36.4 Å². The molecule has 2 aromatic carbocycles. The van der Waals surface area contributed by atoms with E-state index >= 15 is 0 Å². The number of hydrogen-bond acceptors (Lipinski definition) is 4. The van der Waals surface area contributed by atoms with Crippen molar-refractivity contribution in [2.45, 2.75) is 6.42 Å². The van der Waals surface area contributed by atoms with E-state index in [4.69, 9.17) is 0 Å². The van der Waals surface area contributed by atoms with Gasteiger partial charge in [0.2, 0.25) is 0 Å². The molecular formula is C20H19FN4O. The molecule has 0 radical (unpaired) electrons. The summed E-state index contributed by atoms with van der Waals surface area (Å²) in [4.78, 5) is 14.0. The van der Waals surface area contributed by atoms with Gasteiger partial charge in [-0.2, -0.15) is 0 Å². The first-order valence-electron chi connectivity index (χ1n) is 8.29. The van der Waals surface area contributed by atoms with Crippen LogP contribution in [-0.4, -0.2) is 29.7 Å². The standard InChI is InChI=1S/C20H19FN4O/c1-25(16-8-3-2-4-9-16)20(26)18-11-12-19(24-23-18)22-14-13-15-7-5-6-10-17(15)21/h2-12H,13-14H2,1H3,(H,22,24). The van der Waals surface area contributed by atoms with Gasteiger partial charge < -0.3 is 10.2 Å². The molecule has 0 aliphatic heterocycles. The van der Waals surface area contributed by atoms with Crippen LogP contribution in [0.2, 0.25) is 0 Å². The van der Waals surface area contributed by atoms with E-state index in [0.29, 0.717) is 24.3 Å². The molecule has 0 aliphatic carbocycles. The number of benzene rings is 2. The maximum Gasteiger partial charge on any atom is 0.278 e. The number of hydrogen-bond donors (Lipinski definition) is 1. The van der Waals surface area contributed by atoms with E-state index in [2.05, 4.69) is 15.5 Å². The predicted molar refractivity (Wildman–Crippen MR) is 99.8 cm³/mol. The number of halogens is 1. The highest BCUT2D eigenvalue weighted by Gasteiger charge is 2.15. The Balaban J connectivity index is 1.58. The second-order valence-electron chi connectivity index (χ2n) is 5.77. The van der Waals surface area contributed by atoms with Crippen molar-refractivity contribution >= 4 is 17.4 Å². The van der Waals surface area contributed by atoms with Crippen molar-refractivity contribution in [3.05, 3.63) is 83.8 Å². The normalized spacial score (nSPS) is 10.4. The number of nitrogens with zero attached hydrogens (tertiary/aromatic N) is 3. The third-order valence-electron chi connectivity index (χ3n) is 3.99. The summed E-state index contributed by atoms with van der Waals surface area (Å²) < 4.78 is 13.6. The number of anilines is 2. The van der Waals surface area contributed by atoms with Gasteiger partial charge in [0.1, 0.15) is 11.6 Å². The molecule has 1 aromatic heterocycles. The fourth-order valence-electron chi connectivity index (χ4n) is 2.51. The van der Waals surface area contributed by atoms with Gasteiger partial charge in [-0.15, -0.1) is 10.2 Å². The van der Waals surface area contributed by atoms with Crippen LogP contribution >= 0.6 is 0 Å². The molecule has 3 aromatic rings. The Bertz CT molecular complexity index is 868. The van der Waals surface area contributed by atoms with Crippen molar-refractivity contribution in [2.75, 3.05) is 23.8 Å². The lowest BCUT2D eigenvalue weighted by molar-refractivity contribution is 0.0987. The highest BCUT2D eigenvalue weighted by Crippen LogP contribution is 2.14. The number of aromatic nitrogens is 2. The Kier molecular flexibility index (Phi) is 5.53. The lowest BCUT2D eigenvalue weighted by Crippen LogP contribution is -2.27. The van der Waals surface area contributed by atoms with Gasteiger partial charge in [0.25, 0.3) is 5.91 Å². The third-order valence-corrected chi connectivity index (χ3v) is 3.99. The number of rotatable bonds is 6. The maximum atomic E-state index is 13.6. The van der Waals surface area contributed by atoms with Gasteiger partial charge in [0.05, 0.1) is 0 Å². The van der Waals surface area contributed by atoms with Crippen molar-refractivity contribution in [1.82, 2.24) is 10.2 Å². The second kappa shape index (κ2) is 8.20. The van der Waals surface area contributed by atoms with Crippen LogP contribution in [0.3, 0.4) is 0 Å². The molecule has 0 aliphatic rings. The molecule has 0 saturated carbocycles. The molecule has 1 N–H and O–H groups in total. The van der Waals surface area contributed by atoms with Gasteiger partial charge in [-0.3, -0.25) is 4.79 Å². The topological polar surface area (TPSA) is 58.1 Å². The van der Waals surface area contributed by atoms with Crippen molar-refractivity contribution in [2.24, 2.45) is 0 Å². The summed E-state index contributed by atoms with van der Waals surface area (Å²) >= 11 is 0. The van der Waals surface area contributed by atoms with Crippen LogP contribution in [0.5, 0.6) is 0 Å². The van der Waals surface area contributed by atoms with Crippen LogP contribution in [0.4, 0.5) is 15.9 Å². The number of carbonyl (C=O) groups excluding carboxylic acids is 1. The van der Waals surface area contributed by atoms with E-state index in [0.717, 1.165) is 5.69 Å². The quantitative estimate of drug-likeness (QED) is 0.739. The Morgan fingerprint density at radius 2 is 1.73 bits per heavy atom. The highest BCUT2D eigenvalue weighted by molar-refractivity contribution is 6.04. The summed E-state index contributed by atoms with van der Waals surface area (Å²) in [5, 5.41) is 11.1. The zero-order valence-corrected chi connectivity index (χ0v) is 14.4. The summed E-state index contributed by atoms with van der Waals surface area (Å²) in [6.07, 6.45) is 0.534. The molecule has 0 atom stereocenters. The summed E-state index contributed by atoms with van der Waals surface area (Å²) in [5.41, 5.74) is 1.69. The molecule has 132 valence electrons. The summed E-state index contributed by atoms with van der Waals surface area (Å²) in [5.74, 6) is 0.0899. The lowest BCUT2D eigenvalue weighted by Gasteiger charge is -2.16. The van der Waals surface area contributed by atoms with E-state index in [-0.39, 0.29) is 17.4 Å². The number of carbonyl (C=O) groups is 1. The van der Waals surface area contributed by atoms with Crippen LogP contribution in [0.15, 0.2) is 66.7 Å². The van der Waals surface area contributed by atoms with E-state index < -0.39 is 0 Å². The van der Waals surface area contributed by atoms with Crippen molar-refractivity contribution in [1.29, 1.82) is 0 Å². The Morgan fingerprint density at radius 3 is 2.42 bits per heavy atom. The van der Waals surface area contributed by atoms with Gasteiger partial charge >= 0.3 is 0 Å². The van der Waals surface area contributed by atoms with Crippen LogP contribution in [0.1, 0.15) is 16.1 Å². The van der Waals surface area contributed by atoms with E-state index in [1.54, 1.807) is 31.3 Å². The molecule has 1 amide bonds. The fraction of sp³-hybridized carbons (Fsp3) is 0.150. The van der Waals surface area contributed by atoms with Crippen LogP contribution in [0, 0.1) is 5.82 Å². The largest absolute Gasteiger partial charge is 0.368 e. The number of amides is 1. The minimum atomic E-state index is -0.235. The predicted octanol–water partition coefficient (Wildman–Crippen LogP) is 3.55. The summed E-state index contributed by atoms with van der Waals surface area (Å²) in [6, 6.07) is 19.3. The van der Waals surface area contributed by atoms with Gasteiger partial charge in [0, 0.05) is 19.3 Å². The van der Waals surface area contributed by atoms with Crippen molar-refractivity contribution in [3.8, 4) is 0 Å². The maximum absolute atomic E-state index is 13.6. The fourth-order valence-corrected chi connectivity index (χ4v) is 2.51. The molecule has 3 rings (SSSR count). The molecule has 6 heteroatoms. The minimum Gasteiger partial charge on any atom is -0.368 e. The zero-order chi connectivity index (χ0) is 18.4. The molecule has 0 fully saturated rings. The molecule has 0 unspecified atom stereocenters. The summed E-state index contributed by atoms with van der Waals surface area (Å²) in [7, 11) is 1.69. The first kappa shape index (κ1) is 17.5. The summed E-state index contributed by atoms with van der Waals surface area (Å²) in [6.45, 7) is 0.521. The minimum absolute atomic E-state index is 0.217. The van der Waals surface area contributed by atoms with Gasteiger partial charge in [-0.05, 0) is 42.3 Å². The average Bonchev–Trinajstić information content (AvgIpc) is 2.69. The Morgan fingerprint density at radius 1 is 1.00 bits per heavy atom. The molecule has 1 heterocycles. The van der Waals surface area contributed by atoms with Crippen LogP contribution in [-0.2, 0) is 6.42 Å². The van der Waals surface area contributed by atoms with Gasteiger partial charge in [-0.1, -0.05) is 36.4 Å². The average molecular weight is 350 g/mol. The van der Waals surface area contributed by atoms with E-state index in [9.17, 15) is 9.18 Å². The Hall–Kier alpha value is -3.28. The van der Waals surface area contributed by atoms with E-state index in [1.165, 1.54) is 11.0 Å². The highest BCUT2D eigenvalue weighted by atomic mass is 19.1. The molecular weight excluding hydrogens is 331 g/mol. The van der Waals surface area contributed by atoms with Crippen LogP contribution < -0.4 is 10.2 Å². The monoisotopic (exact) mass is 350 g/mol. The number of para-hydroxylation sites is 1. The smallest absolute Gasteiger partial charge is 0.278 e. The molecule has 26 heavy (non-hydrogen) atoms. The molecule has 0 bridgehead atoms. The van der Waals surface area contributed by atoms with Gasteiger partial charge in [-0.25, -0.2) is 4.39 Å². The molecule has 0 saturated heterocycles. The lowest BCUT2D eigenvalue weighted by atomic mass is 10.1.